The van der Waals surface area contributed by atoms with Crippen LogP contribution in [0.5, 0.6) is 0 Å². The summed E-state index contributed by atoms with van der Waals surface area (Å²) >= 11 is 0. The van der Waals surface area contributed by atoms with Crippen molar-refractivity contribution < 1.29 is 13.9 Å². The Morgan fingerprint density at radius 1 is 1.50 bits per heavy atom. The smallest absolute Gasteiger partial charge is 0.373 e. The quantitative estimate of drug-likeness (QED) is 0.596. The van der Waals surface area contributed by atoms with Gasteiger partial charge in [-0.2, -0.15) is 5.10 Å². The fourth-order valence-electron chi connectivity index (χ4n) is 1.93. The Morgan fingerprint density at radius 3 is 3.05 bits per heavy atom. The van der Waals surface area contributed by atoms with Gasteiger partial charge in [-0.3, -0.25) is 5.10 Å². The number of furan rings is 1. The lowest BCUT2D eigenvalue weighted by Crippen LogP contribution is -2.15. The number of carbonyl (C=O) groups excluding carboxylic acids is 1. The second kappa shape index (κ2) is 6.91. The summed E-state index contributed by atoms with van der Waals surface area (Å²) in [5.74, 6) is 0.509. The summed E-state index contributed by atoms with van der Waals surface area (Å²) in [6.07, 6.45) is 3.87. The molecule has 0 fully saturated rings. The summed E-state index contributed by atoms with van der Waals surface area (Å²) in [6.45, 7) is 3.49. The fourth-order valence-corrected chi connectivity index (χ4v) is 1.93. The van der Waals surface area contributed by atoms with Crippen LogP contribution in [0.2, 0.25) is 0 Å². The van der Waals surface area contributed by atoms with Gasteiger partial charge in [0.15, 0.2) is 0 Å². The van der Waals surface area contributed by atoms with E-state index in [2.05, 4.69) is 20.3 Å². The van der Waals surface area contributed by atoms with Crippen molar-refractivity contribution in [2.45, 2.75) is 26.3 Å². The number of hydrogen-bond donors (Lipinski definition) is 2. The molecule has 2 rings (SSSR count). The number of aromatic amines is 1. The zero-order chi connectivity index (χ0) is 14.4. The second-order valence-corrected chi connectivity index (χ2v) is 4.56. The van der Waals surface area contributed by atoms with Crippen LogP contribution in [-0.4, -0.2) is 29.8 Å². The molecule has 0 aliphatic heterocycles. The third-order valence-electron chi connectivity index (χ3n) is 3.08. The molecule has 0 radical (unpaired) electrons. The number of carbonyl (C=O) groups is 1. The molecule has 0 atom stereocenters. The number of aryl methyl sites for hydroxylation is 2. The van der Waals surface area contributed by atoms with Gasteiger partial charge in [-0.25, -0.2) is 4.79 Å². The average Bonchev–Trinajstić information content (AvgIpc) is 3.07. The van der Waals surface area contributed by atoms with Crippen LogP contribution in [0.15, 0.2) is 22.7 Å². The van der Waals surface area contributed by atoms with E-state index in [1.807, 2.05) is 13.1 Å². The highest BCUT2D eigenvalue weighted by Crippen LogP contribution is 2.09. The molecule has 6 nitrogen and oxygen atoms in total. The molecule has 2 heterocycles. The van der Waals surface area contributed by atoms with E-state index in [4.69, 9.17) is 4.42 Å². The Bertz CT molecular complexity index is 560. The van der Waals surface area contributed by atoms with Crippen molar-refractivity contribution in [3.8, 4) is 0 Å². The third kappa shape index (κ3) is 3.71. The maximum atomic E-state index is 11.2. The summed E-state index contributed by atoms with van der Waals surface area (Å²) in [5, 5.41) is 10.2. The summed E-state index contributed by atoms with van der Waals surface area (Å²) in [6, 6.07) is 3.40. The molecule has 2 aromatic heterocycles. The molecule has 20 heavy (non-hydrogen) atoms. The first-order chi connectivity index (χ1) is 9.70. The van der Waals surface area contributed by atoms with E-state index in [1.165, 1.54) is 12.7 Å². The van der Waals surface area contributed by atoms with Gasteiger partial charge in [-0.15, -0.1) is 0 Å². The van der Waals surface area contributed by atoms with Crippen LogP contribution in [0.25, 0.3) is 0 Å². The Balaban J connectivity index is 1.67. The van der Waals surface area contributed by atoms with Gasteiger partial charge >= 0.3 is 5.97 Å². The molecule has 0 saturated heterocycles. The SMILES string of the molecule is COC(=O)c1ccc(CNCCCc2cn[nH]c2C)o1. The number of nitrogens with one attached hydrogen (secondary N) is 2. The number of methoxy groups -OCH3 is 1. The van der Waals surface area contributed by atoms with Crippen molar-refractivity contribution in [2.75, 3.05) is 13.7 Å². The predicted molar refractivity (Wildman–Crippen MR) is 73.4 cm³/mol. The molecular weight excluding hydrogens is 258 g/mol. The van der Waals surface area contributed by atoms with Crippen LogP contribution < -0.4 is 5.32 Å². The molecule has 2 aromatic rings. The van der Waals surface area contributed by atoms with Crippen molar-refractivity contribution in [1.29, 1.82) is 0 Å². The molecule has 2 N–H and O–H groups in total. The van der Waals surface area contributed by atoms with Gasteiger partial charge in [0.1, 0.15) is 5.76 Å². The van der Waals surface area contributed by atoms with E-state index in [9.17, 15) is 4.79 Å². The maximum absolute atomic E-state index is 11.2. The number of nitrogens with zero attached hydrogens (tertiary/aromatic N) is 1. The number of esters is 1. The van der Waals surface area contributed by atoms with Crippen LogP contribution in [0.1, 0.15) is 34.0 Å². The lowest BCUT2D eigenvalue weighted by atomic mass is 10.1. The highest BCUT2D eigenvalue weighted by atomic mass is 16.5. The first kappa shape index (κ1) is 14.3. The number of rotatable bonds is 7. The van der Waals surface area contributed by atoms with Crippen LogP contribution in [0.4, 0.5) is 0 Å². The lowest BCUT2D eigenvalue weighted by Gasteiger charge is -2.02. The Morgan fingerprint density at radius 2 is 2.35 bits per heavy atom. The zero-order valence-electron chi connectivity index (χ0n) is 11.7. The number of aromatic nitrogens is 2. The molecule has 0 aliphatic carbocycles. The molecule has 108 valence electrons. The van der Waals surface area contributed by atoms with Crippen molar-refractivity contribution in [3.05, 3.63) is 41.1 Å². The van der Waals surface area contributed by atoms with Gasteiger partial charge < -0.3 is 14.5 Å². The minimum Gasteiger partial charge on any atom is -0.463 e. The maximum Gasteiger partial charge on any atom is 0.373 e. The molecule has 0 spiro atoms. The monoisotopic (exact) mass is 277 g/mol. The van der Waals surface area contributed by atoms with E-state index in [-0.39, 0.29) is 5.76 Å². The van der Waals surface area contributed by atoms with Crippen LogP contribution >= 0.6 is 0 Å². The predicted octanol–water partition coefficient (Wildman–Crippen LogP) is 1.82. The van der Waals surface area contributed by atoms with Gasteiger partial charge in [-0.1, -0.05) is 0 Å². The molecule has 0 bridgehead atoms. The number of hydrogen-bond acceptors (Lipinski definition) is 5. The molecule has 0 saturated carbocycles. The largest absolute Gasteiger partial charge is 0.463 e. The van der Waals surface area contributed by atoms with Crippen molar-refractivity contribution in [1.82, 2.24) is 15.5 Å². The zero-order valence-corrected chi connectivity index (χ0v) is 11.7. The van der Waals surface area contributed by atoms with Crippen LogP contribution in [0, 0.1) is 6.92 Å². The molecular formula is C14H19N3O3. The van der Waals surface area contributed by atoms with E-state index in [0.29, 0.717) is 6.54 Å². The molecule has 0 unspecified atom stereocenters. The van der Waals surface area contributed by atoms with Crippen molar-refractivity contribution in [2.24, 2.45) is 0 Å². The minimum absolute atomic E-state index is 0.235. The molecule has 0 amide bonds. The van der Waals surface area contributed by atoms with Gasteiger partial charge in [0.05, 0.1) is 19.9 Å². The highest BCUT2D eigenvalue weighted by molar-refractivity contribution is 5.86. The number of H-pyrrole nitrogens is 1. The van der Waals surface area contributed by atoms with Crippen LogP contribution in [-0.2, 0) is 17.7 Å². The Labute approximate surface area is 117 Å². The summed E-state index contributed by atoms with van der Waals surface area (Å²) in [4.78, 5) is 11.2. The highest BCUT2D eigenvalue weighted by Gasteiger charge is 2.10. The second-order valence-electron chi connectivity index (χ2n) is 4.56. The van der Waals surface area contributed by atoms with Crippen molar-refractivity contribution in [3.63, 3.8) is 0 Å². The first-order valence-electron chi connectivity index (χ1n) is 6.57. The Hall–Kier alpha value is -2.08. The van der Waals surface area contributed by atoms with E-state index >= 15 is 0 Å². The minimum atomic E-state index is -0.452. The topological polar surface area (TPSA) is 80.1 Å². The summed E-state index contributed by atoms with van der Waals surface area (Å²) in [5.41, 5.74) is 2.37. The van der Waals surface area contributed by atoms with Gasteiger partial charge in [0.2, 0.25) is 5.76 Å². The Kier molecular flexibility index (Phi) is 4.95. The van der Waals surface area contributed by atoms with Crippen LogP contribution in [0.3, 0.4) is 0 Å². The average molecular weight is 277 g/mol. The lowest BCUT2D eigenvalue weighted by molar-refractivity contribution is 0.0563. The molecule has 0 aromatic carbocycles. The van der Waals surface area contributed by atoms with Gasteiger partial charge in [0.25, 0.3) is 0 Å². The van der Waals surface area contributed by atoms with E-state index in [1.54, 1.807) is 12.1 Å². The first-order valence-corrected chi connectivity index (χ1v) is 6.57. The molecule has 6 heteroatoms. The molecule has 0 aliphatic rings. The normalized spacial score (nSPS) is 10.7. The standard InChI is InChI=1S/C14H19N3O3/c1-10-11(8-16-17-10)4-3-7-15-9-12-5-6-13(20-12)14(18)19-2/h5-6,8,15H,3-4,7,9H2,1-2H3,(H,16,17). The number of ether oxygens (including phenoxy) is 1. The fraction of sp³-hybridized carbons (Fsp3) is 0.429. The van der Waals surface area contributed by atoms with Gasteiger partial charge in [-0.05, 0) is 44.0 Å². The van der Waals surface area contributed by atoms with E-state index < -0.39 is 5.97 Å². The van der Waals surface area contributed by atoms with Gasteiger partial charge in [0, 0.05) is 5.69 Å². The third-order valence-corrected chi connectivity index (χ3v) is 3.08. The summed E-state index contributed by atoms with van der Waals surface area (Å²) in [7, 11) is 1.33. The van der Waals surface area contributed by atoms with E-state index in [0.717, 1.165) is 30.8 Å². The summed E-state index contributed by atoms with van der Waals surface area (Å²) < 4.78 is 9.94. The van der Waals surface area contributed by atoms with Crippen molar-refractivity contribution >= 4 is 5.97 Å².